The van der Waals surface area contributed by atoms with E-state index in [2.05, 4.69) is 4.40 Å². The zero-order valence-corrected chi connectivity index (χ0v) is 7.86. The number of rotatable bonds is 2. The van der Waals surface area contributed by atoms with E-state index < -0.39 is 11.0 Å². The lowest BCUT2D eigenvalue weighted by molar-refractivity contribution is 0.651. The fraction of sp³-hybridized carbons (Fsp3) is 0.857. The fourth-order valence-electron chi connectivity index (χ4n) is 0.300. The van der Waals surface area contributed by atoms with Crippen molar-refractivity contribution in [2.24, 2.45) is 4.40 Å². The van der Waals surface area contributed by atoms with Crippen molar-refractivity contribution in [3.8, 4) is 0 Å². The quantitative estimate of drug-likeness (QED) is 0.569. The Bertz CT molecular complexity index is 146. The molecule has 3 heteroatoms. The summed E-state index contributed by atoms with van der Waals surface area (Å²) in [6.07, 6.45) is 2.54. The largest absolute Gasteiger partial charge is 0.234 e. The summed E-state index contributed by atoms with van der Waals surface area (Å²) in [4.78, 5) is 0. The maximum atomic E-state index is 11.1. The van der Waals surface area contributed by atoms with Crippen LogP contribution in [0.4, 0.5) is 0 Å². The van der Waals surface area contributed by atoms with Crippen molar-refractivity contribution in [1.29, 1.82) is 0 Å². The molecular weight excluding hydrogens is 146 g/mol. The third-order valence-electron chi connectivity index (χ3n) is 0.877. The molecule has 0 bridgehead atoms. The molecule has 0 saturated heterocycles. The van der Waals surface area contributed by atoms with Crippen LogP contribution < -0.4 is 0 Å². The highest BCUT2D eigenvalue weighted by Gasteiger charge is 2.17. The molecule has 0 aliphatic rings. The van der Waals surface area contributed by atoms with Gasteiger partial charge in [-0.2, -0.15) is 4.40 Å². The Morgan fingerprint density at radius 1 is 1.50 bits per heavy atom. The summed E-state index contributed by atoms with van der Waals surface area (Å²) in [7, 11) is -1.07. The van der Waals surface area contributed by atoms with Crippen LogP contribution in [-0.4, -0.2) is 15.2 Å². The molecule has 0 aromatic rings. The van der Waals surface area contributed by atoms with Gasteiger partial charge in [-0.05, 0) is 27.2 Å². The maximum Gasteiger partial charge on any atom is 0.144 e. The molecule has 1 unspecified atom stereocenters. The van der Waals surface area contributed by atoms with Gasteiger partial charge in [0.1, 0.15) is 11.0 Å². The summed E-state index contributed by atoms with van der Waals surface area (Å²) >= 11 is 0. The van der Waals surface area contributed by atoms with Gasteiger partial charge in [0, 0.05) is 6.21 Å². The van der Waals surface area contributed by atoms with Gasteiger partial charge < -0.3 is 0 Å². The van der Waals surface area contributed by atoms with Crippen LogP contribution >= 0.6 is 0 Å². The smallest absolute Gasteiger partial charge is 0.144 e. The highest BCUT2D eigenvalue weighted by Crippen LogP contribution is 2.11. The lowest BCUT2D eigenvalue weighted by Crippen LogP contribution is -2.19. The molecule has 0 amide bonds. The van der Waals surface area contributed by atoms with E-state index in [1.165, 1.54) is 0 Å². The molecule has 0 spiro atoms. The van der Waals surface area contributed by atoms with Crippen molar-refractivity contribution in [3.63, 3.8) is 0 Å². The zero-order chi connectivity index (χ0) is 8.20. The monoisotopic (exact) mass is 161 g/mol. The van der Waals surface area contributed by atoms with Crippen molar-refractivity contribution in [2.75, 3.05) is 0 Å². The van der Waals surface area contributed by atoms with E-state index in [0.29, 0.717) is 0 Å². The fourth-order valence-corrected chi connectivity index (χ4v) is 0.901. The summed E-state index contributed by atoms with van der Waals surface area (Å²) < 4.78 is 14.8. The summed E-state index contributed by atoms with van der Waals surface area (Å²) in [5, 5.41) is 0. The molecule has 60 valence electrons. The van der Waals surface area contributed by atoms with Crippen molar-refractivity contribution in [1.82, 2.24) is 0 Å². The minimum absolute atomic E-state index is 0.217. The third kappa shape index (κ3) is 3.77. The Morgan fingerprint density at radius 3 is 2.30 bits per heavy atom. The molecule has 0 aromatic carbocycles. The molecule has 0 saturated carbocycles. The number of hydrogen-bond donors (Lipinski definition) is 0. The van der Waals surface area contributed by atoms with Gasteiger partial charge >= 0.3 is 0 Å². The predicted molar refractivity (Wildman–Crippen MR) is 46.7 cm³/mol. The molecule has 0 rings (SSSR count). The molecule has 0 N–H and O–H groups in total. The van der Waals surface area contributed by atoms with Gasteiger partial charge in [-0.25, -0.2) is 4.21 Å². The molecule has 0 fully saturated rings. The Labute approximate surface area is 65.3 Å². The van der Waals surface area contributed by atoms with Crippen LogP contribution in [0.5, 0.6) is 0 Å². The minimum Gasteiger partial charge on any atom is -0.234 e. The normalized spacial score (nSPS) is 16.0. The first-order valence-electron chi connectivity index (χ1n) is 3.43. The maximum absolute atomic E-state index is 11.1. The van der Waals surface area contributed by atoms with E-state index >= 15 is 0 Å². The molecular formula is C7H15NOS. The van der Waals surface area contributed by atoms with Crippen molar-refractivity contribution in [2.45, 2.75) is 38.9 Å². The summed E-state index contributed by atoms with van der Waals surface area (Å²) in [5.74, 6) is 0. The first-order chi connectivity index (χ1) is 4.48. The predicted octanol–water partition coefficient (Wildman–Crippen LogP) is 1.93. The molecule has 0 heterocycles. The van der Waals surface area contributed by atoms with Gasteiger partial charge in [0.25, 0.3) is 0 Å². The van der Waals surface area contributed by atoms with Crippen LogP contribution in [0, 0.1) is 0 Å². The Morgan fingerprint density at radius 2 is 2.00 bits per heavy atom. The van der Waals surface area contributed by atoms with Crippen LogP contribution in [-0.2, 0) is 11.0 Å². The van der Waals surface area contributed by atoms with Crippen molar-refractivity contribution >= 4 is 17.2 Å². The van der Waals surface area contributed by atoms with Crippen molar-refractivity contribution in [3.05, 3.63) is 0 Å². The molecule has 2 nitrogen and oxygen atoms in total. The zero-order valence-electron chi connectivity index (χ0n) is 7.05. The molecule has 0 radical (unpaired) electrons. The topological polar surface area (TPSA) is 29.4 Å². The third-order valence-corrected chi connectivity index (χ3v) is 2.26. The van der Waals surface area contributed by atoms with Gasteiger partial charge in [0.05, 0.1) is 4.75 Å². The van der Waals surface area contributed by atoms with Crippen LogP contribution in [0.15, 0.2) is 4.40 Å². The summed E-state index contributed by atoms with van der Waals surface area (Å²) in [6, 6.07) is 0. The van der Waals surface area contributed by atoms with E-state index in [-0.39, 0.29) is 4.75 Å². The summed E-state index contributed by atoms with van der Waals surface area (Å²) in [6.45, 7) is 7.71. The molecule has 1 atom stereocenters. The average Bonchev–Trinajstić information content (AvgIpc) is 1.80. The highest BCUT2D eigenvalue weighted by molar-refractivity contribution is 7.85. The Kier molecular flexibility index (Phi) is 3.79. The standard InChI is InChI=1S/C7H15NOS/c1-5-6-8-10(9)7(2,3)4/h6H,5H2,1-4H3/b8-6+. The second-order valence-electron chi connectivity index (χ2n) is 3.06. The van der Waals surface area contributed by atoms with Gasteiger partial charge in [-0.15, -0.1) is 0 Å². The van der Waals surface area contributed by atoms with Crippen LogP contribution in [0.3, 0.4) is 0 Å². The van der Waals surface area contributed by atoms with Crippen LogP contribution in [0.1, 0.15) is 34.1 Å². The second-order valence-corrected chi connectivity index (χ2v) is 4.99. The first-order valence-corrected chi connectivity index (χ1v) is 4.53. The minimum atomic E-state index is -1.07. The van der Waals surface area contributed by atoms with E-state index in [9.17, 15) is 4.21 Å². The van der Waals surface area contributed by atoms with E-state index in [0.717, 1.165) is 6.42 Å². The lowest BCUT2D eigenvalue weighted by atomic mass is 10.3. The first kappa shape index (κ1) is 9.82. The number of hydrogen-bond acceptors (Lipinski definition) is 1. The molecule has 0 aliphatic carbocycles. The Hall–Kier alpha value is -0.180. The second kappa shape index (κ2) is 3.86. The molecule has 0 aromatic heterocycles. The SMILES string of the molecule is CC/C=N/S(=O)C(C)(C)C. The number of nitrogens with zero attached hydrogens (tertiary/aromatic N) is 1. The van der Waals surface area contributed by atoms with Crippen LogP contribution in [0.25, 0.3) is 0 Å². The van der Waals surface area contributed by atoms with Gasteiger partial charge in [0.2, 0.25) is 0 Å². The van der Waals surface area contributed by atoms with E-state index in [1.54, 1.807) is 6.21 Å². The van der Waals surface area contributed by atoms with Gasteiger partial charge in [0.15, 0.2) is 0 Å². The highest BCUT2D eigenvalue weighted by atomic mass is 32.2. The molecule has 0 aliphatic heterocycles. The summed E-state index contributed by atoms with van der Waals surface area (Å²) in [5.41, 5.74) is 0. The van der Waals surface area contributed by atoms with Crippen molar-refractivity contribution < 1.29 is 4.21 Å². The van der Waals surface area contributed by atoms with E-state index in [1.807, 2.05) is 27.7 Å². The lowest BCUT2D eigenvalue weighted by Gasteiger charge is -2.12. The van der Waals surface area contributed by atoms with Gasteiger partial charge in [-0.1, -0.05) is 6.92 Å². The average molecular weight is 161 g/mol. The Balaban J connectivity index is 3.98. The molecule has 10 heavy (non-hydrogen) atoms. The van der Waals surface area contributed by atoms with Crippen LogP contribution in [0.2, 0.25) is 0 Å². The van der Waals surface area contributed by atoms with Gasteiger partial charge in [-0.3, -0.25) is 0 Å². The van der Waals surface area contributed by atoms with E-state index in [4.69, 9.17) is 0 Å².